The summed E-state index contributed by atoms with van der Waals surface area (Å²) < 4.78 is 44.6. The van der Waals surface area contributed by atoms with Crippen LogP contribution in [0.2, 0.25) is 5.02 Å². The molecule has 0 aliphatic carbocycles. The van der Waals surface area contributed by atoms with Gasteiger partial charge in [-0.05, 0) is 42.3 Å². The van der Waals surface area contributed by atoms with Crippen molar-refractivity contribution >= 4 is 11.6 Å². The average Bonchev–Trinajstić information content (AvgIpc) is 2.77. The van der Waals surface area contributed by atoms with E-state index in [2.05, 4.69) is 15.0 Å². The molecule has 1 heterocycles. The van der Waals surface area contributed by atoms with E-state index in [-0.39, 0.29) is 28.8 Å². The summed E-state index contributed by atoms with van der Waals surface area (Å²) in [5.74, 6) is 0.411. The summed E-state index contributed by atoms with van der Waals surface area (Å²) in [7, 11) is 0. The first-order chi connectivity index (χ1) is 15.7. The van der Waals surface area contributed by atoms with E-state index in [0.29, 0.717) is 11.3 Å². The Morgan fingerprint density at radius 1 is 0.879 bits per heavy atom. The smallest absolute Gasteiger partial charge is 0.416 e. The summed E-state index contributed by atoms with van der Waals surface area (Å²) in [6, 6.07) is 16.5. The van der Waals surface area contributed by atoms with E-state index in [4.69, 9.17) is 16.3 Å². The highest BCUT2D eigenvalue weighted by molar-refractivity contribution is 6.33. The molecule has 0 fully saturated rings. The van der Waals surface area contributed by atoms with E-state index in [0.717, 1.165) is 23.3 Å². The van der Waals surface area contributed by atoms with Crippen LogP contribution in [0.3, 0.4) is 0 Å². The Balaban J connectivity index is 1.71. The minimum absolute atomic E-state index is 0.00371. The van der Waals surface area contributed by atoms with E-state index >= 15 is 0 Å². The fourth-order valence-electron chi connectivity index (χ4n) is 3.18. The maximum atomic E-state index is 12.9. The zero-order valence-corrected chi connectivity index (χ0v) is 18.0. The van der Waals surface area contributed by atoms with Crippen LogP contribution >= 0.6 is 11.6 Å². The molecule has 0 amide bonds. The molecule has 0 atom stereocenters. The van der Waals surface area contributed by atoms with E-state index in [1.165, 1.54) is 12.1 Å². The fourth-order valence-corrected chi connectivity index (χ4v) is 3.43. The van der Waals surface area contributed by atoms with Gasteiger partial charge in [-0.2, -0.15) is 23.1 Å². The van der Waals surface area contributed by atoms with Gasteiger partial charge in [0.15, 0.2) is 11.6 Å². The van der Waals surface area contributed by atoms with Crippen LogP contribution in [0.5, 0.6) is 11.8 Å². The molecule has 0 saturated carbocycles. The SMILES string of the molecule is Cc1ccccc1COc1cccc(Cl)c1-c1nc(O)nc(-c2ccc(C(F)(F)F)cc2)n1. The lowest BCUT2D eigenvalue weighted by atomic mass is 10.1. The molecule has 168 valence electrons. The van der Waals surface area contributed by atoms with Crippen molar-refractivity contribution in [1.29, 1.82) is 0 Å². The van der Waals surface area contributed by atoms with Gasteiger partial charge in [0.05, 0.1) is 16.1 Å². The minimum Gasteiger partial charge on any atom is -0.488 e. The number of hydrogen-bond acceptors (Lipinski definition) is 5. The van der Waals surface area contributed by atoms with Gasteiger partial charge < -0.3 is 9.84 Å². The molecule has 1 N–H and O–H groups in total. The van der Waals surface area contributed by atoms with Crippen LogP contribution in [0.25, 0.3) is 22.8 Å². The molecule has 33 heavy (non-hydrogen) atoms. The number of rotatable bonds is 5. The van der Waals surface area contributed by atoms with Crippen molar-refractivity contribution in [2.45, 2.75) is 19.7 Å². The van der Waals surface area contributed by atoms with Gasteiger partial charge in [0.1, 0.15) is 12.4 Å². The summed E-state index contributed by atoms with van der Waals surface area (Å²) in [5.41, 5.74) is 1.84. The molecule has 0 saturated heterocycles. The third-order valence-corrected chi connectivity index (χ3v) is 5.25. The van der Waals surface area contributed by atoms with Gasteiger partial charge in [0.2, 0.25) is 0 Å². The third-order valence-electron chi connectivity index (χ3n) is 4.94. The van der Waals surface area contributed by atoms with Crippen molar-refractivity contribution in [3.8, 4) is 34.5 Å². The second-order valence-corrected chi connectivity index (χ2v) is 7.59. The lowest BCUT2D eigenvalue weighted by Crippen LogP contribution is -2.04. The van der Waals surface area contributed by atoms with Crippen LogP contribution in [0.1, 0.15) is 16.7 Å². The van der Waals surface area contributed by atoms with Crippen molar-refractivity contribution < 1.29 is 23.0 Å². The topological polar surface area (TPSA) is 68.1 Å². The molecule has 0 spiro atoms. The molecular formula is C24H17ClF3N3O2. The van der Waals surface area contributed by atoms with Crippen LogP contribution in [0.4, 0.5) is 13.2 Å². The number of ether oxygens (including phenoxy) is 1. The molecule has 1 aromatic heterocycles. The Morgan fingerprint density at radius 2 is 1.58 bits per heavy atom. The fraction of sp³-hybridized carbons (Fsp3) is 0.125. The molecule has 3 aromatic carbocycles. The predicted molar refractivity (Wildman–Crippen MR) is 118 cm³/mol. The molecule has 0 radical (unpaired) electrons. The van der Waals surface area contributed by atoms with Gasteiger partial charge in [-0.1, -0.05) is 54.1 Å². The van der Waals surface area contributed by atoms with E-state index in [1.54, 1.807) is 18.2 Å². The number of nitrogens with zero attached hydrogens (tertiary/aromatic N) is 3. The van der Waals surface area contributed by atoms with Crippen molar-refractivity contribution in [3.63, 3.8) is 0 Å². The molecule has 4 aromatic rings. The molecule has 4 rings (SSSR count). The Bertz CT molecular complexity index is 1300. The zero-order chi connectivity index (χ0) is 23.6. The second-order valence-electron chi connectivity index (χ2n) is 7.19. The Morgan fingerprint density at radius 3 is 2.27 bits per heavy atom. The summed E-state index contributed by atoms with van der Waals surface area (Å²) in [5, 5.41) is 10.4. The van der Waals surface area contributed by atoms with E-state index in [9.17, 15) is 18.3 Å². The highest BCUT2D eigenvalue weighted by Crippen LogP contribution is 2.37. The number of aromatic nitrogens is 3. The van der Waals surface area contributed by atoms with Gasteiger partial charge in [-0.25, -0.2) is 4.98 Å². The van der Waals surface area contributed by atoms with E-state index < -0.39 is 17.8 Å². The summed E-state index contributed by atoms with van der Waals surface area (Å²) in [6.45, 7) is 2.24. The standard InChI is InChI=1S/C24H17ClF3N3O2/c1-14-5-2-3-6-16(14)13-33-19-8-4-7-18(25)20(19)22-29-21(30-23(32)31-22)15-9-11-17(12-10-15)24(26,27)28/h2-12H,13H2,1H3,(H,29,30,31,32). The van der Waals surface area contributed by atoms with Crippen LogP contribution in [0, 0.1) is 6.92 Å². The predicted octanol–water partition coefficient (Wildman–Crippen LogP) is 6.47. The van der Waals surface area contributed by atoms with Crippen LogP contribution in [0.15, 0.2) is 66.7 Å². The largest absolute Gasteiger partial charge is 0.488 e. The third kappa shape index (κ3) is 5.06. The Hall–Kier alpha value is -3.65. The Labute approximate surface area is 192 Å². The monoisotopic (exact) mass is 471 g/mol. The van der Waals surface area contributed by atoms with Gasteiger partial charge >= 0.3 is 12.2 Å². The number of halogens is 4. The number of aryl methyl sites for hydroxylation is 1. The van der Waals surface area contributed by atoms with Crippen molar-refractivity contribution in [1.82, 2.24) is 15.0 Å². The van der Waals surface area contributed by atoms with Gasteiger partial charge in [-0.15, -0.1) is 0 Å². The highest BCUT2D eigenvalue weighted by Gasteiger charge is 2.30. The number of hydrogen-bond donors (Lipinski definition) is 1. The van der Waals surface area contributed by atoms with Gasteiger partial charge in [0.25, 0.3) is 0 Å². The lowest BCUT2D eigenvalue weighted by molar-refractivity contribution is -0.137. The molecule has 0 aliphatic heterocycles. The first-order valence-electron chi connectivity index (χ1n) is 9.81. The lowest BCUT2D eigenvalue weighted by Gasteiger charge is -2.14. The van der Waals surface area contributed by atoms with Gasteiger partial charge in [-0.3, -0.25) is 0 Å². The van der Waals surface area contributed by atoms with Crippen LogP contribution < -0.4 is 4.74 Å². The Kier molecular flexibility index (Phi) is 6.20. The maximum absolute atomic E-state index is 12.9. The molecular weight excluding hydrogens is 455 g/mol. The van der Waals surface area contributed by atoms with Crippen molar-refractivity contribution in [2.24, 2.45) is 0 Å². The summed E-state index contributed by atoms with van der Waals surface area (Å²) in [4.78, 5) is 12.2. The average molecular weight is 472 g/mol. The summed E-state index contributed by atoms with van der Waals surface area (Å²) in [6.07, 6.45) is -4.47. The first kappa shape index (κ1) is 22.5. The first-order valence-corrected chi connectivity index (χ1v) is 10.2. The van der Waals surface area contributed by atoms with E-state index in [1.807, 2.05) is 31.2 Å². The second kappa shape index (κ2) is 9.07. The normalized spacial score (nSPS) is 11.4. The molecule has 0 bridgehead atoms. The summed E-state index contributed by atoms with van der Waals surface area (Å²) >= 11 is 6.41. The molecule has 0 aliphatic rings. The molecule has 9 heteroatoms. The van der Waals surface area contributed by atoms with Crippen molar-refractivity contribution in [2.75, 3.05) is 0 Å². The zero-order valence-electron chi connectivity index (χ0n) is 17.3. The molecule has 5 nitrogen and oxygen atoms in total. The van der Waals surface area contributed by atoms with Gasteiger partial charge in [0, 0.05) is 5.56 Å². The number of aromatic hydroxyl groups is 1. The van der Waals surface area contributed by atoms with Crippen LogP contribution in [-0.2, 0) is 12.8 Å². The molecule has 0 unspecified atom stereocenters. The van der Waals surface area contributed by atoms with Crippen LogP contribution in [-0.4, -0.2) is 20.1 Å². The number of alkyl halides is 3. The minimum atomic E-state index is -4.47. The quantitative estimate of drug-likeness (QED) is 0.361. The van der Waals surface area contributed by atoms with Crippen molar-refractivity contribution in [3.05, 3.63) is 88.4 Å². The number of benzene rings is 3. The highest BCUT2D eigenvalue weighted by atomic mass is 35.5. The maximum Gasteiger partial charge on any atom is 0.416 e.